The molecular weight excluding hydrogens is 361 g/mol. The van der Waals surface area contributed by atoms with E-state index >= 15 is 0 Å². The summed E-state index contributed by atoms with van der Waals surface area (Å²) in [7, 11) is 0. The molecule has 0 aliphatic carbocycles. The van der Waals surface area contributed by atoms with E-state index in [0.717, 1.165) is 11.6 Å². The lowest BCUT2D eigenvalue weighted by Crippen LogP contribution is -2.22. The van der Waals surface area contributed by atoms with Gasteiger partial charge >= 0.3 is 0 Å². The zero-order valence-corrected chi connectivity index (χ0v) is 13.0. The zero-order chi connectivity index (χ0) is 15.0. The molecule has 0 saturated carbocycles. The quantitative estimate of drug-likeness (QED) is 0.853. The van der Waals surface area contributed by atoms with Crippen LogP contribution in [0.4, 0.5) is 10.1 Å². The Morgan fingerprint density at radius 1 is 1.38 bits per heavy atom. The number of nitrogens with one attached hydrogen (secondary N) is 1. The molecule has 6 heteroatoms. The van der Waals surface area contributed by atoms with Crippen LogP contribution in [-0.4, -0.2) is 12.5 Å². The van der Waals surface area contributed by atoms with Gasteiger partial charge < -0.3 is 10.1 Å². The molecule has 1 N–H and O–H groups in total. The van der Waals surface area contributed by atoms with Crippen molar-refractivity contribution in [3.8, 4) is 5.75 Å². The van der Waals surface area contributed by atoms with Crippen molar-refractivity contribution in [2.75, 3.05) is 11.9 Å². The second kappa shape index (κ2) is 5.66. The number of hydrogen-bond acceptors (Lipinski definition) is 2. The molecule has 3 nitrogen and oxygen atoms in total. The van der Waals surface area contributed by atoms with Crippen LogP contribution in [0.2, 0.25) is 5.02 Å². The minimum Gasteiger partial charge on any atom is -0.492 e. The molecule has 1 unspecified atom stereocenters. The molecule has 108 valence electrons. The van der Waals surface area contributed by atoms with Crippen LogP contribution < -0.4 is 10.1 Å². The fourth-order valence-corrected chi connectivity index (χ4v) is 3.15. The van der Waals surface area contributed by atoms with E-state index in [1.54, 1.807) is 0 Å². The molecule has 3 rings (SSSR count). The van der Waals surface area contributed by atoms with Crippen LogP contribution in [0.15, 0.2) is 40.9 Å². The Labute approximate surface area is 134 Å². The van der Waals surface area contributed by atoms with Crippen molar-refractivity contribution < 1.29 is 13.9 Å². The number of carbonyl (C=O) groups is 1. The van der Waals surface area contributed by atoms with Gasteiger partial charge in [-0.3, -0.25) is 4.79 Å². The van der Waals surface area contributed by atoms with Crippen molar-refractivity contribution in [3.05, 3.63) is 57.3 Å². The summed E-state index contributed by atoms with van der Waals surface area (Å²) in [4.78, 5) is 12.4. The van der Waals surface area contributed by atoms with Gasteiger partial charge in [0.2, 0.25) is 5.91 Å². The van der Waals surface area contributed by atoms with Crippen LogP contribution >= 0.6 is 27.5 Å². The average molecular weight is 371 g/mol. The highest BCUT2D eigenvalue weighted by Crippen LogP contribution is 2.36. The number of fused-ring (bicyclic) bond motifs is 1. The van der Waals surface area contributed by atoms with Gasteiger partial charge in [-0.25, -0.2) is 4.39 Å². The number of halogens is 3. The number of rotatable bonds is 2. The predicted molar refractivity (Wildman–Crippen MR) is 82.4 cm³/mol. The first-order valence-corrected chi connectivity index (χ1v) is 7.40. The molecule has 2 aromatic rings. The standard InChI is InChI=1S/C15H10BrClFNO2/c16-11-5-8(18)6-12(17)14(11)19-15(20)10-7-21-13-4-2-1-3-9(10)13/h1-6,10H,7H2,(H,19,20). The Morgan fingerprint density at radius 2 is 2.14 bits per heavy atom. The van der Waals surface area contributed by atoms with E-state index < -0.39 is 11.7 Å². The molecule has 0 radical (unpaired) electrons. The zero-order valence-electron chi connectivity index (χ0n) is 10.7. The first-order chi connectivity index (χ1) is 10.1. The molecule has 21 heavy (non-hydrogen) atoms. The number of amides is 1. The summed E-state index contributed by atoms with van der Waals surface area (Å²) in [5, 5.41) is 2.87. The highest BCUT2D eigenvalue weighted by Gasteiger charge is 2.30. The molecule has 0 aromatic heterocycles. The largest absolute Gasteiger partial charge is 0.492 e. The number of ether oxygens (including phenoxy) is 1. The monoisotopic (exact) mass is 369 g/mol. The number of benzene rings is 2. The second-order valence-electron chi connectivity index (χ2n) is 4.64. The highest BCUT2D eigenvalue weighted by atomic mass is 79.9. The third kappa shape index (κ3) is 2.76. The Morgan fingerprint density at radius 3 is 2.90 bits per heavy atom. The molecule has 1 amide bonds. The minimum atomic E-state index is -0.473. The summed E-state index contributed by atoms with van der Waals surface area (Å²) in [6.45, 7) is 0.279. The summed E-state index contributed by atoms with van der Waals surface area (Å²) >= 11 is 9.17. The summed E-state index contributed by atoms with van der Waals surface area (Å²) in [6, 6.07) is 9.79. The molecule has 0 fully saturated rings. The van der Waals surface area contributed by atoms with E-state index in [4.69, 9.17) is 16.3 Å². The molecule has 0 saturated heterocycles. The third-order valence-corrected chi connectivity index (χ3v) is 4.20. The van der Waals surface area contributed by atoms with Gasteiger partial charge in [0.25, 0.3) is 0 Å². The maximum Gasteiger partial charge on any atom is 0.235 e. The smallest absolute Gasteiger partial charge is 0.235 e. The SMILES string of the molecule is O=C(Nc1c(Cl)cc(F)cc1Br)C1COc2ccccc21. The summed E-state index contributed by atoms with van der Waals surface area (Å²) < 4.78 is 19.1. The second-order valence-corrected chi connectivity index (χ2v) is 5.90. The third-order valence-electron chi connectivity index (χ3n) is 3.27. The molecular formula is C15H10BrClFNO2. The lowest BCUT2D eigenvalue weighted by Gasteiger charge is -2.13. The van der Waals surface area contributed by atoms with Crippen LogP contribution in [0.3, 0.4) is 0 Å². The van der Waals surface area contributed by atoms with Crippen molar-refractivity contribution in [2.45, 2.75) is 5.92 Å². The Kier molecular flexibility index (Phi) is 3.87. The van der Waals surface area contributed by atoms with Crippen molar-refractivity contribution in [3.63, 3.8) is 0 Å². The molecule has 1 atom stereocenters. The van der Waals surface area contributed by atoms with Gasteiger partial charge in [-0.05, 0) is 34.1 Å². The number of hydrogen-bond donors (Lipinski definition) is 1. The maximum atomic E-state index is 13.2. The molecule has 0 spiro atoms. The topological polar surface area (TPSA) is 38.3 Å². The Bertz CT molecular complexity index is 700. The fourth-order valence-electron chi connectivity index (χ4n) is 2.25. The summed E-state index contributed by atoms with van der Waals surface area (Å²) in [6.07, 6.45) is 0. The van der Waals surface area contributed by atoms with Gasteiger partial charge in [0.1, 0.15) is 24.1 Å². The van der Waals surface area contributed by atoms with Crippen molar-refractivity contribution in [1.82, 2.24) is 0 Å². The van der Waals surface area contributed by atoms with Gasteiger partial charge in [-0.2, -0.15) is 0 Å². The van der Waals surface area contributed by atoms with Gasteiger partial charge in [0.05, 0.1) is 10.7 Å². The first kappa shape index (κ1) is 14.4. The predicted octanol–water partition coefficient (Wildman–Crippen LogP) is 4.36. The van der Waals surface area contributed by atoms with Crippen molar-refractivity contribution >= 4 is 39.1 Å². The summed E-state index contributed by atoms with van der Waals surface area (Å²) in [5.41, 5.74) is 1.19. The van der Waals surface area contributed by atoms with E-state index in [9.17, 15) is 9.18 Å². The Balaban J connectivity index is 1.86. The van der Waals surface area contributed by atoms with Gasteiger partial charge in [-0.15, -0.1) is 0 Å². The number of para-hydroxylation sites is 1. The van der Waals surface area contributed by atoms with Crippen LogP contribution in [0, 0.1) is 5.82 Å². The van der Waals surface area contributed by atoms with Gasteiger partial charge in [-0.1, -0.05) is 29.8 Å². The first-order valence-electron chi connectivity index (χ1n) is 6.23. The maximum absolute atomic E-state index is 13.2. The fraction of sp³-hybridized carbons (Fsp3) is 0.133. The molecule has 2 aromatic carbocycles. The Hall–Kier alpha value is -1.59. The van der Waals surface area contributed by atoms with Crippen LogP contribution in [0.25, 0.3) is 0 Å². The average Bonchev–Trinajstić information content (AvgIpc) is 2.86. The van der Waals surface area contributed by atoms with Gasteiger partial charge in [0, 0.05) is 10.0 Å². The normalized spacial score (nSPS) is 16.2. The molecule has 1 aliphatic rings. The summed E-state index contributed by atoms with van der Waals surface area (Å²) in [5.74, 6) is -0.412. The highest BCUT2D eigenvalue weighted by molar-refractivity contribution is 9.10. The molecule has 1 heterocycles. The van der Waals surface area contributed by atoms with E-state index in [0.29, 0.717) is 15.9 Å². The molecule has 0 bridgehead atoms. The van der Waals surface area contributed by atoms with E-state index in [1.807, 2.05) is 24.3 Å². The van der Waals surface area contributed by atoms with E-state index in [-0.39, 0.29) is 17.5 Å². The van der Waals surface area contributed by atoms with Crippen LogP contribution in [0.5, 0.6) is 5.75 Å². The van der Waals surface area contributed by atoms with Gasteiger partial charge in [0.15, 0.2) is 0 Å². The van der Waals surface area contributed by atoms with Crippen molar-refractivity contribution in [1.29, 1.82) is 0 Å². The van der Waals surface area contributed by atoms with E-state index in [2.05, 4.69) is 21.2 Å². The van der Waals surface area contributed by atoms with E-state index in [1.165, 1.54) is 6.07 Å². The number of carbonyl (C=O) groups excluding carboxylic acids is 1. The number of anilines is 1. The lowest BCUT2D eigenvalue weighted by atomic mass is 10.0. The van der Waals surface area contributed by atoms with Crippen molar-refractivity contribution in [2.24, 2.45) is 0 Å². The lowest BCUT2D eigenvalue weighted by molar-refractivity contribution is -0.117. The van der Waals surface area contributed by atoms with Crippen LogP contribution in [-0.2, 0) is 4.79 Å². The minimum absolute atomic E-state index is 0.141. The molecule has 1 aliphatic heterocycles. The van der Waals surface area contributed by atoms with Crippen LogP contribution in [0.1, 0.15) is 11.5 Å².